The summed E-state index contributed by atoms with van der Waals surface area (Å²) in [7, 11) is 0. The van der Waals surface area contributed by atoms with Crippen molar-refractivity contribution in [3.63, 3.8) is 0 Å². The molecule has 112 valence electrons. The van der Waals surface area contributed by atoms with Crippen molar-refractivity contribution in [2.24, 2.45) is 5.73 Å². The smallest absolute Gasteiger partial charge is 0.258 e. The zero-order valence-corrected chi connectivity index (χ0v) is 12.3. The maximum Gasteiger partial charge on any atom is 0.258 e. The quantitative estimate of drug-likeness (QED) is 0.880. The second-order valence-corrected chi connectivity index (χ2v) is 4.73. The van der Waals surface area contributed by atoms with Gasteiger partial charge in [-0.15, -0.1) is 0 Å². The van der Waals surface area contributed by atoms with Gasteiger partial charge in [0.05, 0.1) is 11.3 Å². The highest BCUT2D eigenvalue weighted by molar-refractivity contribution is 5.78. The van der Waals surface area contributed by atoms with Crippen LogP contribution in [0.2, 0.25) is 0 Å². The average Bonchev–Trinajstić information content (AvgIpc) is 2.77. The highest BCUT2D eigenvalue weighted by Gasteiger charge is 2.11. The van der Waals surface area contributed by atoms with Crippen molar-refractivity contribution < 1.29 is 18.8 Å². The summed E-state index contributed by atoms with van der Waals surface area (Å²) in [6.45, 7) is 5.71. The molecule has 0 unspecified atom stereocenters. The van der Waals surface area contributed by atoms with E-state index in [2.05, 4.69) is 5.16 Å². The Morgan fingerprint density at radius 2 is 1.90 bits per heavy atom. The number of nitrogens with two attached hydrogens (primary N) is 1. The van der Waals surface area contributed by atoms with E-state index in [1.807, 2.05) is 13.8 Å². The SMILES string of the molecule is Cc1noc(C)c1COc1ccc(O[C@H](C)C(N)=O)cc1. The molecule has 0 fully saturated rings. The van der Waals surface area contributed by atoms with Gasteiger partial charge >= 0.3 is 0 Å². The number of carbonyl (C=O) groups excluding carboxylic acids is 1. The number of hydrogen-bond donors (Lipinski definition) is 1. The van der Waals surface area contributed by atoms with Gasteiger partial charge in [-0.25, -0.2) is 0 Å². The molecule has 2 N–H and O–H groups in total. The number of aromatic nitrogens is 1. The zero-order valence-electron chi connectivity index (χ0n) is 12.3. The number of rotatable bonds is 6. The lowest BCUT2D eigenvalue weighted by Crippen LogP contribution is -2.30. The van der Waals surface area contributed by atoms with Gasteiger partial charge < -0.3 is 19.7 Å². The lowest BCUT2D eigenvalue weighted by atomic mass is 10.2. The van der Waals surface area contributed by atoms with Crippen molar-refractivity contribution in [1.29, 1.82) is 0 Å². The van der Waals surface area contributed by atoms with Crippen LogP contribution in [0.3, 0.4) is 0 Å². The van der Waals surface area contributed by atoms with Crippen LogP contribution in [0.5, 0.6) is 11.5 Å². The van der Waals surface area contributed by atoms with Gasteiger partial charge in [-0.2, -0.15) is 0 Å². The van der Waals surface area contributed by atoms with E-state index < -0.39 is 12.0 Å². The first-order valence-electron chi connectivity index (χ1n) is 6.58. The van der Waals surface area contributed by atoms with Crippen LogP contribution in [-0.2, 0) is 11.4 Å². The Hall–Kier alpha value is -2.50. The molecule has 0 aliphatic rings. The van der Waals surface area contributed by atoms with Gasteiger partial charge in [0.15, 0.2) is 6.10 Å². The third-order valence-corrected chi connectivity index (χ3v) is 3.10. The van der Waals surface area contributed by atoms with Crippen LogP contribution in [-0.4, -0.2) is 17.2 Å². The van der Waals surface area contributed by atoms with E-state index >= 15 is 0 Å². The van der Waals surface area contributed by atoms with Crippen molar-refractivity contribution in [3.05, 3.63) is 41.3 Å². The van der Waals surface area contributed by atoms with Crippen LogP contribution in [0.15, 0.2) is 28.8 Å². The second-order valence-electron chi connectivity index (χ2n) is 4.73. The number of benzene rings is 1. The van der Waals surface area contributed by atoms with Crippen molar-refractivity contribution in [2.75, 3.05) is 0 Å². The van der Waals surface area contributed by atoms with Gasteiger partial charge in [0.25, 0.3) is 5.91 Å². The molecule has 0 saturated heterocycles. The highest BCUT2D eigenvalue weighted by atomic mass is 16.5. The van der Waals surface area contributed by atoms with Gasteiger partial charge in [0.1, 0.15) is 23.9 Å². The van der Waals surface area contributed by atoms with Gasteiger partial charge in [0, 0.05) is 0 Å². The van der Waals surface area contributed by atoms with Crippen LogP contribution in [0, 0.1) is 13.8 Å². The van der Waals surface area contributed by atoms with Crippen molar-refractivity contribution in [3.8, 4) is 11.5 Å². The minimum atomic E-state index is -0.668. The summed E-state index contributed by atoms with van der Waals surface area (Å²) in [4.78, 5) is 10.9. The van der Waals surface area contributed by atoms with E-state index in [-0.39, 0.29) is 0 Å². The molecule has 1 amide bonds. The fraction of sp³-hybridized carbons (Fsp3) is 0.333. The Morgan fingerprint density at radius 3 is 2.43 bits per heavy atom. The summed E-state index contributed by atoms with van der Waals surface area (Å²) in [5.74, 6) is 1.50. The lowest BCUT2D eigenvalue weighted by molar-refractivity contribution is -0.123. The molecule has 0 radical (unpaired) electrons. The first-order valence-corrected chi connectivity index (χ1v) is 6.58. The van der Waals surface area contributed by atoms with Crippen LogP contribution in [0.1, 0.15) is 23.9 Å². The molecule has 0 aliphatic heterocycles. The predicted molar refractivity (Wildman–Crippen MR) is 76.0 cm³/mol. The van der Waals surface area contributed by atoms with Crippen LogP contribution in [0.25, 0.3) is 0 Å². The summed E-state index contributed by atoms with van der Waals surface area (Å²) in [6, 6.07) is 6.98. The minimum absolute atomic E-state index is 0.388. The topological polar surface area (TPSA) is 87.6 Å². The molecule has 1 aromatic heterocycles. The number of nitrogens with zero attached hydrogens (tertiary/aromatic N) is 1. The first kappa shape index (κ1) is 14.9. The molecule has 1 aromatic carbocycles. The minimum Gasteiger partial charge on any atom is -0.489 e. The monoisotopic (exact) mass is 290 g/mol. The van der Waals surface area contributed by atoms with Gasteiger partial charge in [-0.3, -0.25) is 4.79 Å². The summed E-state index contributed by atoms with van der Waals surface area (Å²) in [5, 5.41) is 3.87. The second kappa shape index (κ2) is 6.30. The Kier molecular flexibility index (Phi) is 4.47. The Balaban J connectivity index is 1.95. The van der Waals surface area contributed by atoms with E-state index in [1.165, 1.54) is 0 Å². The molecule has 0 aliphatic carbocycles. The third-order valence-electron chi connectivity index (χ3n) is 3.10. The lowest BCUT2D eigenvalue weighted by Gasteiger charge is -2.12. The Labute approximate surface area is 122 Å². The molecule has 6 nitrogen and oxygen atoms in total. The molecular formula is C15H18N2O4. The summed E-state index contributed by atoms with van der Waals surface area (Å²) in [5.41, 5.74) is 6.90. The van der Waals surface area contributed by atoms with E-state index in [1.54, 1.807) is 31.2 Å². The fourth-order valence-electron chi connectivity index (χ4n) is 1.74. The number of aryl methyl sites for hydroxylation is 2. The van der Waals surface area contributed by atoms with E-state index in [0.29, 0.717) is 18.1 Å². The fourth-order valence-corrected chi connectivity index (χ4v) is 1.74. The van der Waals surface area contributed by atoms with E-state index in [0.717, 1.165) is 17.0 Å². The van der Waals surface area contributed by atoms with Crippen LogP contribution >= 0.6 is 0 Å². The standard InChI is InChI=1S/C15H18N2O4/c1-9-14(10(2)21-17-9)8-19-12-4-6-13(7-5-12)20-11(3)15(16)18/h4-7,11H,8H2,1-3H3,(H2,16,18)/t11-/m1/s1. The molecule has 0 spiro atoms. The summed E-state index contributed by atoms with van der Waals surface area (Å²) >= 11 is 0. The molecule has 6 heteroatoms. The molecule has 0 saturated carbocycles. The van der Waals surface area contributed by atoms with Crippen molar-refractivity contribution in [1.82, 2.24) is 5.16 Å². The molecular weight excluding hydrogens is 272 g/mol. The molecule has 2 rings (SSSR count). The molecule has 1 heterocycles. The van der Waals surface area contributed by atoms with Crippen molar-refractivity contribution in [2.45, 2.75) is 33.5 Å². The largest absolute Gasteiger partial charge is 0.489 e. The van der Waals surface area contributed by atoms with Crippen molar-refractivity contribution >= 4 is 5.91 Å². The maximum atomic E-state index is 10.9. The van der Waals surface area contributed by atoms with E-state index in [4.69, 9.17) is 19.7 Å². The van der Waals surface area contributed by atoms with Gasteiger partial charge in [0.2, 0.25) is 0 Å². The van der Waals surface area contributed by atoms with E-state index in [9.17, 15) is 4.79 Å². The highest BCUT2D eigenvalue weighted by Crippen LogP contribution is 2.21. The average molecular weight is 290 g/mol. The molecule has 0 bridgehead atoms. The molecule has 1 atom stereocenters. The predicted octanol–water partition coefficient (Wildman–Crippen LogP) is 2.12. The normalized spacial score (nSPS) is 12.0. The first-order chi connectivity index (χ1) is 9.97. The summed E-state index contributed by atoms with van der Waals surface area (Å²) < 4.78 is 16.1. The number of amides is 1. The molecule has 2 aromatic rings. The molecule has 21 heavy (non-hydrogen) atoms. The number of hydrogen-bond acceptors (Lipinski definition) is 5. The Morgan fingerprint density at radius 1 is 1.29 bits per heavy atom. The summed E-state index contributed by atoms with van der Waals surface area (Å²) in [6.07, 6.45) is -0.668. The maximum absolute atomic E-state index is 10.9. The zero-order chi connectivity index (χ0) is 15.4. The van der Waals surface area contributed by atoms with Crippen LogP contribution in [0.4, 0.5) is 0 Å². The van der Waals surface area contributed by atoms with Gasteiger partial charge in [-0.1, -0.05) is 5.16 Å². The Bertz CT molecular complexity index is 600. The number of ether oxygens (including phenoxy) is 2. The third kappa shape index (κ3) is 3.75. The number of carbonyl (C=O) groups is 1. The van der Waals surface area contributed by atoms with Gasteiger partial charge in [-0.05, 0) is 45.0 Å². The van der Waals surface area contributed by atoms with Crippen LogP contribution < -0.4 is 15.2 Å². The number of primary amides is 1.